The maximum Gasteiger partial charge on any atom is 0.259 e. The predicted molar refractivity (Wildman–Crippen MR) is 98.5 cm³/mol. The van der Waals surface area contributed by atoms with Crippen LogP contribution in [0.15, 0.2) is 54.7 Å². The highest BCUT2D eigenvalue weighted by Gasteiger charge is 2.15. The molecule has 5 heteroatoms. The Labute approximate surface area is 146 Å². The van der Waals surface area contributed by atoms with Gasteiger partial charge in [0.05, 0.1) is 25.0 Å². The Hall–Kier alpha value is -3.08. The lowest BCUT2D eigenvalue weighted by Gasteiger charge is -2.13. The number of rotatable bonds is 6. The second-order valence-electron chi connectivity index (χ2n) is 5.51. The number of nitrogens with zero attached hydrogens (tertiary/aromatic N) is 1. The van der Waals surface area contributed by atoms with Crippen molar-refractivity contribution in [3.05, 3.63) is 60.3 Å². The molecule has 3 aromatic rings. The summed E-state index contributed by atoms with van der Waals surface area (Å²) < 4.78 is 11.0. The normalized spacial score (nSPS) is 10.5. The third kappa shape index (κ3) is 3.55. The molecular weight excluding hydrogens is 316 g/mol. The van der Waals surface area contributed by atoms with Gasteiger partial charge in [-0.25, -0.2) is 0 Å². The lowest BCUT2D eigenvalue weighted by atomic mass is 10.1. The molecule has 1 N–H and O–H groups in total. The molecule has 1 amide bonds. The molecule has 0 aliphatic carbocycles. The zero-order valence-electron chi connectivity index (χ0n) is 14.3. The lowest BCUT2D eigenvalue weighted by molar-refractivity contribution is 0.102. The molecule has 5 nitrogen and oxygen atoms in total. The standard InChI is InChI=1S/C20H20N2O3/c1-3-13-25-17-9-5-4-7-15(17)20(23)22-16-10-11-18(24-2)19-14(16)8-6-12-21-19/h4-12H,3,13H2,1-2H3,(H,22,23). The largest absolute Gasteiger partial charge is 0.494 e. The maximum absolute atomic E-state index is 12.8. The zero-order chi connectivity index (χ0) is 17.6. The Kier molecular flexibility index (Phi) is 5.14. The molecule has 0 spiro atoms. The van der Waals surface area contributed by atoms with Gasteiger partial charge in [-0.3, -0.25) is 9.78 Å². The number of pyridine rings is 1. The molecule has 128 valence electrons. The van der Waals surface area contributed by atoms with Crippen LogP contribution >= 0.6 is 0 Å². The number of methoxy groups -OCH3 is 1. The Balaban J connectivity index is 1.93. The van der Waals surface area contributed by atoms with Crippen LogP contribution in [0.3, 0.4) is 0 Å². The van der Waals surface area contributed by atoms with Gasteiger partial charge in [0.25, 0.3) is 5.91 Å². The van der Waals surface area contributed by atoms with Gasteiger partial charge < -0.3 is 14.8 Å². The van der Waals surface area contributed by atoms with E-state index in [0.717, 1.165) is 11.8 Å². The van der Waals surface area contributed by atoms with Gasteiger partial charge in [0.15, 0.2) is 0 Å². The first-order chi connectivity index (χ1) is 12.2. The van der Waals surface area contributed by atoms with Crippen LogP contribution in [-0.2, 0) is 0 Å². The number of benzene rings is 2. The van der Waals surface area contributed by atoms with Crippen molar-refractivity contribution < 1.29 is 14.3 Å². The number of aromatic nitrogens is 1. The van der Waals surface area contributed by atoms with Crippen molar-refractivity contribution in [3.63, 3.8) is 0 Å². The van der Waals surface area contributed by atoms with E-state index in [-0.39, 0.29) is 5.91 Å². The smallest absolute Gasteiger partial charge is 0.259 e. The predicted octanol–water partition coefficient (Wildman–Crippen LogP) is 4.28. The van der Waals surface area contributed by atoms with Gasteiger partial charge in [0, 0.05) is 11.6 Å². The summed E-state index contributed by atoms with van der Waals surface area (Å²) in [6, 6.07) is 14.6. The van der Waals surface area contributed by atoms with E-state index in [1.54, 1.807) is 31.5 Å². The van der Waals surface area contributed by atoms with Gasteiger partial charge in [0.2, 0.25) is 0 Å². The summed E-state index contributed by atoms with van der Waals surface area (Å²) in [4.78, 5) is 17.1. The second-order valence-corrected chi connectivity index (χ2v) is 5.51. The summed E-state index contributed by atoms with van der Waals surface area (Å²) >= 11 is 0. The Morgan fingerprint density at radius 3 is 2.72 bits per heavy atom. The molecule has 1 aromatic heterocycles. The molecule has 0 saturated carbocycles. The van der Waals surface area contributed by atoms with Crippen LogP contribution in [0.25, 0.3) is 10.9 Å². The third-order valence-electron chi connectivity index (χ3n) is 3.79. The Bertz CT molecular complexity index is 893. The molecule has 0 saturated heterocycles. The number of anilines is 1. The highest BCUT2D eigenvalue weighted by atomic mass is 16.5. The fraction of sp³-hybridized carbons (Fsp3) is 0.200. The van der Waals surface area contributed by atoms with Gasteiger partial charge in [0.1, 0.15) is 17.0 Å². The zero-order valence-corrected chi connectivity index (χ0v) is 14.3. The average Bonchev–Trinajstić information content (AvgIpc) is 2.66. The van der Waals surface area contributed by atoms with E-state index >= 15 is 0 Å². The molecule has 0 unspecified atom stereocenters. The van der Waals surface area contributed by atoms with Crippen LogP contribution in [0.5, 0.6) is 11.5 Å². The molecule has 3 rings (SSSR count). The highest BCUT2D eigenvalue weighted by Crippen LogP contribution is 2.30. The summed E-state index contributed by atoms with van der Waals surface area (Å²) in [6.07, 6.45) is 2.58. The second kappa shape index (κ2) is 7.66. The number of fused-ring (bicyclic) bond motifs is 1. The number of carbonyl (C=O) groups is 1. The van der Waals surface area contributed by atoms with Gasteiger partial charge in [-0.15, -0.1) is 0 Å². The van der Waals surface area contributed by atoms with E-state index < -0.39 is 0 Å². The van der Waals surface area contributed by atoms with Crippen LogP contribution in [-0.4, -0.2) is 24.6 Å². The Morgan fingerprint density at radius 2 is 1.92 bits per heavy atom. The molecule has 25 heavy (non-hydrogen) atoms. The Morgan fingerprint density at radius 1 is 1.08 bits per heavy atom. The monoisotopic (exact) mass is 336 g/mol. The number of hydrogen-bond donors (Lipinski definition) is 1. The van der Waals surface area contributed by atoms with E-state index in [4.69, 9.17) is 9.47 Å². The van der Waals surface area contributed by atoms with Crippen molar-refractivity contribution in [2.24, 2.45) is 0 Å². The average molecular weight is 336 g/mol. The van der Waals surface area contributed by atoms with Crippen LogP contribution in [0.2, 0.25) is 0 Å². The molecular formula is C20H20N2O3. The van der Waals surface area contributed by atoms with Crippen molar-refractivity contribution in [1.29, 1.82) is 0 Å². The lowest BCUT2D eigenvalue weighted by Crippen LogP contribution is -2.14. The molecule has 0 fully saturated rings. The summed E-state index contributed by atoms with van der Waals surface area (Å²) in [5.74, 6) is 1.03. The van der Waals surface area contributed by atoms with Gasteiger partial charge in [-0.2, -0.15) is 0 Å². The fourth-order valence-electron chi connectivity index (χ4n) is 2.60. The topological polar surface area (TPSA) is 60.5 Å². The molecule has 0 aliphatic rings. The number of amides is 1. The van der Waals surface area contributed by atoms with Crippen LogP contribution < -0.4 is 14.8 Å². The quantitative estimate of drug-likeness (QED) is 0.730. The number of hydrogen-bond acceptors (Lipinski definition) is 4. The van der Waals surface area contributed by atoms with Gasteiger partial charge >= 0.3 is 0 Å². The minimum absolute atomic E-state index is 0.220. The van der Waals surface area contributed by atoms with E-state index in [1.807, 2.05) is 37.3 Å². The van der Waals surface area contributed by atoms with Crippen molar-refractivity contribution >= 4 is 22.5 Å². The van der Waals surface area contributed by atoms with Crippen molar-refractivity contribution in [2.75, 3.05) is 19.0 Å². The van der Waals surface area contributed by atoms with E-state index in [1.165, 1.54) is 0 Å². The van der Waals surface area contributed by atoms with Crippen LogP contribution in [0, 0.1) is 0 Å². The minimum atomic E-state index is -0.220. The number of carbonyl (C=O) groups excluding carboxylic acids is 1. The highest BCUT2D eigenvalue weighted by molar-refractivity contribution is 6.10. The maximum atomic E-state index is 12.8. The molecule has 0 aliphatic heterocycles. The first-order valence-electron chi connectivity index (χ1n) is 8.19. The summed E-state index contributed by atoms with van der Waals surface area (Å²) in [5.41, 5.74) is 1.89. The minimum Gasteiger partial charge on any atom is -0.494 e. The van der Waals surface area contributed by atoms with Crippen LogP contribution in [0.4, 0.5) is 5.69 Å². The molecule has 0 radical (unpaired) electrons. The molecule has 0 bridgehead atoms. The first kappa shape index (κ1) is 16.8. The number of nitrogens with one attached hydrogen (secondary N) is 1. The number of para-hydroxylation sites is 1. The molecule has 1 heterocycles. The van der Waals surface area contributed by atoms with Crippen molar-refractivity contribution in [1.82, 2.24) is 4.98 Å². The molecule has 2 aromatic carbocycles. The summed E-state index contributed by atoms with van der Waals surface area (Å²) in [5, 5.41) is 3.78. The van der Waals surface area contributed by atoms with E-state index in [2.05, 4.69) is 10.3 Å². The van der Waals surface area contributed by atoms with Gasteiger partial charge in [-0.1, -0.05) is 19.1 Å². The fourth-order valence-corrected chi connectivity index (χ4v) is 2.60. The van der Waals surface area contributed by atoms with Gasteiger partial charge in [-0.05, 0) is 42.8 Å². The first-order valence-corrected chi connectivity index (χ1v) is 8.19. The SMILES string of the molecule is CCCOc1ccccc1C(=O)Nc1ccc(OC)c2ncccc12. The van der Waals surface area contributed by atoms with Crippen LogP contribution in [0.1, 0.15) is 23.7 Å². The summed E-state index contributed by atoms with van der Waals surface area (Å²) in [7, 11) is 1.60. The van der Waals surface area contributed by atoms with Crippen molar-refractivity contribution in [3.8, 4) is 11.5 Å². The molecule has 0 atom stereocenters. The number of ether oxygens (including phenoxy) is 2. The van der Waals surface area contributed by atoms with Crippen molar-refractivity contribution in [2.45, 2.75) is 13.3 Å². The van der Waals surface area contributed by atoms with E-state index in [0.29, 0.717) is 34.9 Å². The summed E-state index contributed by atoms with van der Waals surface area (Å²) in [6.45, 7) is 2.60. The third-order valence-corrected chi connectivity index (χ3v) is 3.79. The van der Waals surface area contributed by atoms with E-state index in [9.17, 15) is 4.79 Å².